The zero-order valence-electron chi connectivity index (χ0n) is 11.8. The van der Waals surface area contributed by atoms with E-state index in [9.17, 15) is 4.39 Å². The Labute approximate surface area is 119 Å². The molecule has 0 aliphatic rings. The number of hydrogen-bond acceptors (Lipinski definition) is 2. The van der Waals surface area contributed by atoms with Crippen LogP contribution in [0, 0.1) is 12.7 Å². The second-order valence-corrected chi connectivity index (χ2v) is 5.16. The summed E-state index contributed by atoms with van der Waals surface area (Å²) in [6.07, 6.45) is 2.90. The third-order valence-electron chi connectivity index (χ3n) is 3.47. The van der Waals surface area contributed by atoms with E-state index in [1.165, 1.54) is 11.6 Å². The molecule has 0 saturated carbocycles. The van der Waals surface area contributed by atoms with Gasteiger partial charge in [0.1, 0.15) is 5.82 Å². The molecular weight excluding hydrogens is 251 g/mol. The smallest absolute Gasteiger partial charge is 0.123 e. The van der Waals surface area contributed by atoms with Gasteiger partial charge in [0.05, 0.1) is 0 Å². The lowest BCUT2D eigenvalue weighted by Crippen LogP contribution is -2.28. The molecule has 0 aliphatic heterocycles. The van der Waals surface area contributed by atoms with Gasteiger partial charge in [-0.3, -0.25) is 11.3 Å². The van der Waals surface area contributed by atoms with Crippen LogP contribution in [-0.4, -0.2) is 0 Å². The Balaban J connectivity index is 1.95. The number of aryl methyl sites for hydroxylation is 2. The van der Waals surface area contributed by atoms with E-state index in [4.69, 9.17) is 5.84 Å². The molecule has 20 heavy (non-hydrogen) atoms. The van der Waals surface area contributed by atoms with Crippen molar-refractivity contribution in [2.75, 3.05) is 0 Å². The molecule has 0 amide bonds. The van der Waals surface area contributed by atoms with E-state index in [-0.39, 0.29) is 11.9 Å². The standard InChI is InChI=1S/C17H21FN2/c1-13-10-15(12-16(18)11-13)17(20-19)9-5-8-14-6-3-2-4-7-14/h2-4,6-7,10-12,17,20H,5,8-9,19H2,1H3. The van der Waals surface area contributed by atoms with E-state index in [1.807, 2.05) is 31.2 Å². The highest BCUT2D eigenvalue weighted by molar-refractivity contribution is 5.26. The minimum Gasteiger partial charge on any atom is -0.271 e. The summed E-state index contributed by atoms with van der Waals surface area (Å²) in [6, 6.07) is 15.4. The summed E-state index contributed by atoms with van der Waals surface area (Å²) in [5, 5.41) is 0. The highest BCUT2D eigenvalue weighted by atomic mass is 19.1. The zero-order chi connectivity index (χ0) is 14.4. The van der Waals surface area contributed by atoms with Crippen molar-refractivity contribution in [1.29, 1.82) is 0 Å². The molecule has 0 spiro atoms. The molecule has 0 saturated heterocycles. The van der Waals surface area contributed by atoms with Crippen molar-refractivity contribution in [1.82, 2.24) is 5.43 Å². The molecule has 0 bridgehead atoms. The Kier molecular flexibility index (Phi) is 5.27. The topological polar surface area (TPSA) is 38.0 Å². The summed E-state index contributed by atoms with van der Waals surface area (Å²) in [7, 11) is 0. The van der Waals surface area contributed by atoms with Crippen LogP contribution in [0.5, 0.6) is 0 Å². The van der Waals surface area contributed by atoms with Crippen LogP contribution in [0.1, 0.15) is 35.6 Å². The molecule has 3 heteroatoms. The van der Waals surface area contributed by atoms with Gasteiger partial charge >= 0.3 is 0 Å². The van der Waals surface area contributed by atoms with Gasteiger partial charge in [0.25, 0.3) is 0 Å². The molecule has 0 heterocycles. The molecule has 2 aromatic rings. The molecule has 0 aromatic heterocycles. The minimum absolute atomic E-state index is 0.00638. The van der Waals surface area contributed by atoms with Gasteiger partial charge in [-0.2, -0.15) is 0 Å². The van der Waals surface area contributed by atoms with Crippen molar-refractivity contribution in [2.45, 2.75) is 32.2 Å². The second kappa shape index (κ2) is 7.17. The highest BCUT2D eigenvalue weighted by Crippen LogP contribution is 2.21. The summed E-state index contributed by atoms with van der Waals surface area (Å²) in [4.78, 5) is 0. The average Bonchev–Trinajstić information content (AvgIpc) is 2.43. The monoisotopic (exact) mass is 272 g/mol. The van der Waals surface area contributed by atoms with Crippen LogP contribution in [0.4, 0.5) is 4.39 Å². The predicted molar refractivity (Wildman–Crippen MR) is 80.6 cm³/mol. The van der Waals surface area contributed by atoms with E-state index in [1.54, 1.807) is 6.07 Å². The summed E-state index contributed by atoms with van der Waals surface area (Å²) in [5.41, 5.74) is 5.95. The molecule has 1 atom stereocenters. The lowest BCUT2D eigenvalue weighted by atomic mass is 9.98. The van der Waals surface area contributed by atoms with Crippen LogP contribution in [0.2, 0.25) is 0 Å². The van der Waals surface area contributed by atoms with Crippen molar-refractivity contribution in [2.24, 2.45) is 5.84 Å². The first-order valence-corrected chi connectivity index (χ1v) is 6.96. The third kappa shape index (κ3) is 4.15. The van der Waals surface area contributed by atoms with Crippen molar-refractivity contribution < 1.29 is 4.39 Å². The van der Waals surface area contributed by atoms with E-state index < -0.39 is 0 Å². The van der Waals surface area contributed by atoms with Gasteiger partial charge in [0.2, 0.25) is 0 Å². The van der Waals surface area contributed by atoms with E-state index >= 15 is 0 Å². The number of nitrogens with one attached hydrogen (secondary N) is 1. The summed E-state index contributed by atoms with van der Waals surface area (Å²) < 4.78 is 13.4. The Bertz CT molecular complexity index is 520. The Morgan fingerprint density at radius 2 is 1.90 bits per heavy atom. The van der Waals surface area contributed by atoms with Gasteiger partial charge in [0, 0.05) is 6.04 Å². The first-order chi connectivity index (χ1) is 9.69. The highest BCUT2D eigenvalue weighted by Gasteiger charge is 2.11. The first-order valence-electron chi connectivity index (χ1n) is 6.96. The van der Waals surface area contributed by atoms with E-state index in [0.29, 0.717) is 0 Å². The van der Waals surface area contributed by atoms with Gasteiger partial charge in [0.15, 0.2) is 0 Å². The fourth-order valence-electron chi connectivity index (χ4n) is 2.47. The summed E-state index contributed by atoms with van der Waals surface area (Å²) >= 11 is 0. The maximum Gasteiger partial charge on any atom is 0.123 e. The Hall–Kier alpha value is -1.71. The van der Waals surface area contributed by atoms with Crippen molar-refractivity contribution in [3.05, 3.63) is 71.0 Å². The molecule has 1 unspecified atom stereocenters. The van der Waals surface area contributed by atoms with Gasteiger partial charge in [-0.05, 0) is 55.0 Å². The normalized spacial score (nSPS) is 12.3. The average molecular weight is 272 g/mol. The third-order valence-corrected chi connectivity index (χ3v) is 3.47. The lowest BCUT2D eigenvalue weighted by Gasteiger charge is -2.17. The maximum absolute atomic E-state index is 13.4. The molecule has 0 aliphatic carbocycles. The zero-order valence-corrected chi connectivity index (χ0v) is 11.8. The number of hydrogen-bond donors (Lipinski definition) is 2. The predicted octanol–water partition coefficient (Wildman–Crippen LogP) is 3.66. The Morgan fingerprint density at radius 1 is 1.15 bits per heavy atom. The van der Waals surface area contributed by atoms with Crippen LogP contribution >= 0.6 is 0 Å². The van der Waals surface area contributed by atoms with Crippen molar-refractivity contribution in [3.63, 3.8) is 0 Å². The fourth-order valence-corrected chi connectivity index (χ4v) is 2.47. The van der Waals surface area contributed by atoms with Crippen molar-refractivity contribution in [3.8, 4) is 0 Å². The molecule has 106 valence electrons. The number of rotatable bonds is 6. The first kappa shape index (κ1) is 14.7. The van der Waals surface area contributed by atoms with Gasteiger partial charge in [-0.1, -0.05) is 36.4 Å². The van der Waals surface area contributed by atoms with Gasteiger partial charge in [-0.25, -0.2) is 4.39 Å². The second-order valence-electron chi connectivity index (χ2n) is 5.16. The fraction of sp³-hybridized carbons (Fsp3) is 0.294. The molecule has 0 radical (unpaired) electrons. The largest absolute Gasteiger partial charge is 0.271 e. The number of nitrogens with two attached hydrogens (primary N) is 1. The van der Waals surface area contributed by atoms with Gasteiger partial charge < -0.3 is 0 Å². The van der Waals surface area contributed by atoms with E-state index in [2.05, 4.69) is 17.6 Å². The van der Waals surface area contributed by atoms with E-state index in [0.717, 1.165) is 30.4 Å². The SMILES string of the molecule is Cc1cc(F)cc(C(CCCc2ccccc2)NN)c1. The van der Waals surface area contributed by atoms with Gasteiger partial charge in [-0.15, -0.1) is 0 Å². The minimum atomic E-state index is -0.205. The summed E-state index contributed by atoms with van der Waals surface area (Å²) in [6.45, 7) is 1.89. The van der Waals surface area contributed by atoms with Crippen LogP contribution in [0.3, 0.4) is 0 Å². The number of halogens is 1. The molecular formula is C17H21FN2. The number of hydrazine groups is 1. The van der Waals surface area contributed by atoms with Crippen LogP contribution < -0.4 is 11.3 Å². The Morgan fingerprint density at radius 3 is 2.55 bits per heavy atom. The molecule has 2 nitrogen and oxygen atoms in total. The molecule has 2 rings (SSSR count). The number of benzene rings is 2. The molecule has 3 N–H and O–H groups in total. The quantitative estimate of drug-likeness (QED) is 0.622. The molecule has 2 aromatic carbocycles. The van der Waals surface area contributed by atoms with Crippen molar-refractivity contribution >= 4 is 0 Å². The molecule has 0 fully saturated rings. The van der Waals surface area contributed by atoms with Crippen LogP contribution in [-0.2, 0) is 6.42 Å². The maximum atomic E-state index is 13.4. The van der Waals surface area contributed by atoms with Crippen LogP contribution in [0.25, 0.3) is 0 Å². The lowest BCUT2D eigenvalue weighted by molar-refractivity contribution is 0.494. The summed E-state index contributed by atoms with van der Waals surface area (Å²) in [5.74, 6) is 5.41. The van der Waals surface area contributed by atoms with Crippen LogP contribution in [0.15, 0.2) is 48.5 Å².